The van der Waals surface area contributed by atoms with E-state index in [1.54, 1.807) is 0 Å². The largest absolute Gasteiger partial charge is 0.481 e. The van der Waals surface area contributed by atoms with Crippen molar-refractivity contribution < 1.29 is 24.2 Å². The van der Waals surface area contributed by atoms with E-state index in [-0.39, 0.29) is 23.2 Å². The number of anilines is 1. The van der Waals surface area contributed by atoms with Gasteiger partial charge in [-0.25, -0.2) is 4.79 Å². The van der Waals surface area contributed by atoms with E-state index in [1.807, 2.05) is 0 Å². The van der Waals surface area contributed by atoms with Crippen molar-refractivity contribution in [1.29, 1.82) is 0 Å². The molecule has 1 heterocycles. The Balaban J connectivity index is 1.63. The van der Waals surface area contributed by atoms with E-state index < -0.39 is 23.8 Å². The second-order valence-electron chi connectivity index (χ2n) is 10.2. The van der Waals surface area contributed by atoms with Crippen molar-refractivity contribution in [3.8, 4) is 0 Å². The van der Waals surface area contributed by atoms with Crippen LogP contribution in [0.1, 0.15) is 67.3 Å². The van der Waals surface area contributed by atoms with E-state index in [2.05, 4.69) is 26.1 Å². The molecule has 0 aromatic carbocycles. The fourth-order valence-electron chi connectivity index (χ4n) is 5.95. The second kappa shape index (κ2) is 7.66. The van der Waals surface area contributed by atoms with Gasteiger partial charge in [-0.3, -0.25) is 9.59 Å². The van der Waals surface area contributed by atoms with Gasteiger partial charge < -0.3 is 15.2 Å². The van der Waals surface area contributed by atoms with Crippen molar-refractivity contribution >= 4 is 34.2 Å². The number of carboxylic acids is 1. The van der Waals surface area contributed by atoms with E-state index in [0.29, 0.717) is 16.5 Å². The number of methoxy groups -OCH3 is 1. The summed E-state index contributed by atoms with van der Waals surface area (Å²) in [6, 6.07) is 0. The number of fused-ring (bicyclic) bond motifs is 3. The highest BCUT2D eigenvalue weighted by Gasteiger charge is 2.54. The standard InChI is InChI=1S/C23H31NO5S/c1-23(2,3)13-7-8-14-15(10-13)30-20(18(14)22(28)29-4)24-19(25)16-11-5-6-12(9-11)17(16)21(26)27/h11-13,16-17H,5-10H2,1-4H3,(H,24,25)(H,26,27)/t11-,12-,13-,16+,17-/m0/s1. The van der Waals surface area contributed by atoms with Gasteiger partial charge in [0.25, 0.3) is 0 Å². The number of hydrogen-bond donors (Lipinski definition) is 2. The third-order valence-electron chi connectivity index (χ3n) is 7.62. The minimum Gasteiger partial charge on any atom is -0.481 e. The van der Waals surface area contributed by atoms with Crippen molar-refractivity contribution in [1.82, 2.24) is 0 Å². The number of ether oxygens (including phenoxy) is 1. The topological polar surface area (TPSA) is 92.7 Å². The van der Waals surface area contributed by atoms with E-state index in [9.17, 15) is 19.5 Å². The second-order valence-corrected chi connectivity index (χ2v) is 11.3. The summed E-state index contributed by atoms with van der Waals surface area (Å²) in [5.74, 6) is -1.98. The molecule has 5 atom stereocenters. The average molecular weight is 434 g/mol. The first-order chi connectivity index (χ1) is 14.1. The number of carbonyl (C=O) groups excluding carboxylic acids is 2. The number of hydrogen-bond acceptors (Lipinski definition) is 5. The molecular formula is C23H31NO5S. The summed E-state index contributed by atoms with van der Waals surface area (Å²) in [5.41, 5.74) is 1.63. The molecular weight excluding hydrogens is 402 g/mol. The van der Waals surface area contributed by atoms with E-state index in [0.717, 1.165) is 49.0 Å². The van der Waals surface area contributed by atoms with Crippen LogP contribution in [0.4, 0.5) is 5.00 Å². The number of rotatable bonds is 4. The summed E-state index contributed by atoms with van der Waals surface area (Å²) < 4.78 is 5.03. The molecule has 2 fully saturated rings. The SMILES string of the molecule is COC(=O)c1c(NC(=O)[C@@H]2[C@H]3CC[C@@H](C3)[C@@H]2C(=O)O)sc2c1CC[C@H](C(C)(C)C)C2. The van der Waals surface area contributed by atoms with E-state index >= 15 is 0 Å². The zero-order chi connectivity index (χ0) is 21.8. The number of carboxylic acid groups (broad SMARTS) is 1. The number of nitrogens with one attached hydrogen (secondary N) is 1. The molecule has 4 rings (SSSR count). The lowest BCUT2D eigenvalue weighted by molar-refractivity contribution is -0.148. The van der Waals surface area contributed by atoms with Gasteiger partial charge in [-0.15, -0.1) is 11.3 Å². The van der Waals surface area contributed by atoms with Crippen molar-refractivity contribution in [2.75, 3.05) is 12.4 Å². The lowest BCUT2D eigenvalue weighted by Gasteiger charge is -2.33. The first kappa shape index (κ1) is 21.3. The highest BCUT2D eigenvalue weighted by atomic mass is 32.1. The summed E-state index contributed by atoms with van der Waals surface area (Å²) in [5, 5.41) is 13.2. The third kappa shape index (κ3) is 3.55. The Bertz CT molecular complexity index is 883. The van der Waals surface area contributed by atoms with Crippen LogP contribution in [-0.4, -0.2) is 30.1 Å². The van der Waals surface area contributed by atoms with Gasteiger partial charge in [0, 0.05) is 4.88 Å². The number of carbonyl (C=O) groups is 3. The molecule has 0 saturated heterocycles. The molecule has 1 amide bonds. The Kier molecular flexibility index (Phi) is 5.45. The molecule has 1 aromatic heterocycles. The Morgan fingerprint density at radius 3 is 2.37 bits per heavy atom. The van der Waals surface area contributed by atoms with Crippen LogP contribution >= 0.6 is 11.3 Å². The molecule has 1 aromatic rings. The van der Waals surface area contributed by atoms with Gasteiger partial charge in [0.05, 0.1) is 24.5 Å². The number of aliphatic carboxylic acids is 1. The van der Waals surface area contributed by atoms with Gasteiger partial charge in [-0.1, -0.05) is 20.8 Å². The van der Waals surface area contributed by atoms with Crippen LogP contribution in [-0.2, 0) is 27.2 Å². The maximum absolute atomic E-state index is 13.2. The molecule has 2 N–H and O–H groups in total. The lowest BCUT2D eigenvalue weighted by atomic mass is 9.72. The number of thiophene rings is 1. The van der Waals surface area contributed by atoms with Crippen molar-refractivity contribution in [2.24, 2.45) is 35.0 Å². The van der Waals surface area contributed by atoms with Crippen LogP contribution in [0, 0.1) is 35.0 Å². The van der Waals surface area contributed by atoms with Crippen LogP contribution in [0.5, 0.6) is 0 Å². The smallest absolute Gasteiger partial charge is 0.341 e. The molecule has 164 valence electrons. The zero-order valence-electron chi connectivity index (χ0n) is 18.1. The summed E-state index contributed by atoms with van der Waals surface area (Å²) in [7, 11) is 1.36. The molecule has 2 saturated carbocycles. The van der Waals surface area contributed by atoms with Crippen molar-refractivity contribution in [3.63, 3.8) is 0 Å². The lowest BCUT2D eigenvalue weighted by Crippen LogP contribution is -2.38. The highest BCUT2D eigenvalue weighted by molar-refractivity contribution is 7.17. The van der Waals surface area contributed by atoms with Crippen LogP contribution in [0.15, 0.2) is 0 Å². The van der Waals surface area contributed by atoms with E-state index in [1.165, 1.54) is 18.4 Å². The Morgan fingerprint density at radius 1 is 1.10 bits per heavy atom. The summed E-state index contributed by atoms with van der Waals surface area (Å²) in [6.45, 7) is 6.71. The number of amides is 1. The minimum absolute atomic E-state index is 0.0902. The summed E-state index contributed by atoms with van der Waals surface area (Å²) in [4.78, 5) is 38.7. The molecule has 3 aliphatic rings. The first-order valence-corrected chi connectivity index (χ1v) is 11.7. The van der Waals surface area contributed by atoms with Crippen LogP contribution in [0.3, 0.4) is 0 Å². The zero-order valence-corrected chi connectivity index (χ0v) is 18.9. The maximum atomic E-state index is 13.2. The summed E-state index contributed by atoms with van der Waals surface area (Å²) in [6.07, 6.45) is 5.28. The predicted molar refractivity (Wildman–Crippen MR) is 115 cm³/mol. The van der Waals surface area contributed by atoms with Crippen LogP contribution in [0.2, 0.25) is 0 Å². The molecule has 0 radical (unpaired) electrons. The highest BCUT2D eigenvalue weighted by Crippen LogP contribution is 2.53. The van der Waals surface area contributed by atoms with Crippen molar-refractivity contribution in [2.45, 2.75) is 59.3 Å². The molecule has 6 nitrogen and oxygen atoms in total. The fraction of sp³-hybridized carbons (Fsp3) is 0.696. The molecule has 7 heteroatoms. The predicted octanol–water partition coefficient (Wildman–Crippen LogP) is 4.37. The quantitative estimate of drug-likeness (QED) is 0.688. The minimum atomic E-state index is -0.881. The molecule has 30 heavy (non-hydrogen) atoms. The maximum Gasteiger partial charge on any atom is 0.341 e. The van der Waals surface area contributed by atoms with E-state index in [4.69, 9.17) is 4.74 Å². The fourth-order valence-corrected chi connectivity index (χ4v) is 7.27. The van der Waals surface area contributed by atoms with Gasteiger partial charge in [-0.05, 0) is 67.3 Å². The Labute approximate surface area is 181 Å². The van der Waals surface area contributed by atoms with Gasteiger partial charge >= 0.3 is 11.9 Å². The van der Waals surface area contributed by atoms with Gasteiger partial charge in [-0.2, -0.15) is 0 Å². The van der Waals surface area contributed by atoms with Crippen LogP contribution in [0.25, 0.3) is 0 Å². The van der Waals surface area contributed by atoms with Gasteiger partial charge in [0.1, 0.15) is 5.00 Å². The Morgan fingerprint density at radius 2 is 1.77 bits per heavy atom. The average Bonchev–Trinajstić information content (AvgIpc) is 3.38. The molecule has 2 bridgehead atoms. The monoisotopic (exact) mass is 433 g/mol. The molecule has 0 unspecified atom stereocenters. The summed E-state index contributed by atoms with van der Waals surface area (Å²) >= 11 is 1.46. The molecule has 0 aliphatic heterocycles. The van der Waals surface area contributed by atoms with Crippen LogP contribution < -0.4 is 5.32 Å². The normalized spacial score (nSPS) is 30.1. The van der Waals surface area contributed by atoms with Crippen molar-refractivity contribution in [3.05, 3.63) is 16.0 Å². The third-order valence-corrected chi connectivity index (χ3v) is 8.79. The number of esters is 1. The Hall–Kier alpha value is -1.89. The first-order valence-electron chi connectivity index (χ1n) is 10.9. The molecule has 0 spiro atoms. The van der Waals surface area contributed by atoms with Gasteiger partial charge in [0.15, 0.2) is 0 Å². The molecule has 3 aliphatic carbocycles. The van der Waals surface area contributed by atoms with Gasteiger partial charge in [0.2, 0.25) is 5.91 Å².